The highest BCUT2D eigenvalue weighted by Gasteiger charge is 2.12. The van der Waals surface area contributed by atoms with E-state index in [1.54, 1.807) is 29.5 Å². The Bertz CT molecular complexity index is 1010. The van der Waals surface area contributed by atoms with E-state index < -0.39 is 0 Å². The maximum atomic E-state index is 12.2. The van der Waals surface area contributed by atoms with Crippen molar-refractivity contribution in [2.24, 2.45) is 0 Å². The van der Waals surface area contributed by atoms with Gasteiger partial charge < -0.3 is 5.32 Å². The van der Waals surface area contributed by atoms with Crippen molar-refractivity contribution in [2.75, 3.05) is 6.54 Å². The molecule has 0 aliphatic heterocycles. The number of halogens is 1. The van der Waals surface area contributed by atoms with Gasteiger partial charge in [0.1, 0.15) is 5.69 Å². The fraction of sp³-hybridized carbons (Fsp3) is 0.222. The molecule has 0 radical (unpaired) electrons. The van der Waals surface area contributed by atoms with Crippen LogP contribution in [0.1, 0.15) is 21.1 Å². The Balaban J connectivity index is 1.71. The van der Waals surface area contributed by atoms with Crippen molar-refractivity contribution in [3.05, 3.63) is 67.5 Å². The van der Waals surface area contributed by atoms with Gasteiger partial charge >= 0.3 is 0 Å². The van der Waals surface area contributed by atoms with Gasteiger partial charge in [-0.1, -0.05) is 12.1 Å². The summed E-state index contributed by atoms with van der Waals surface area (Å²) in [7, 11) is 0. The maximum Gasteiger partial charge on any atom is 0.266 e. The van der Waals surface area contributed by atoms with Gasteiger partial charge in [0.2, 0.25) is 0 Å². The van der Waals surface area contributed by atoms with E-state index in [0.29, 0.717) is 24.3 Å². The second-order valence-electron chi connectivity index (χ2n) is 5.66. The zero-order valence-electron chi connectivity index (χ0n) is 14.3. The first kappa shape index (κ1) is 18.5. The van der Waals surface area contributed by atoms with E-state index in [2.05, 4.69) is 31.3 Å². The average molecular weight is 433 g/mol. The summed E-state index contributed by atoms with van der Waals surface area (Å²) in [5, 5.41) is 8.19. The van der Waals surface area contributed by atoms with Crippen molar-refractivity contribution in [3.63, 3.8) is 0 Å². The summed E-state index contributed by atoms with van der Waals surface area (Å²) in [4.78, 5) is 29.6. The summed E-state index contributed by atoms with van der Waals surface area (Å²) >= 11 is 4.90. The standard InChI is InChI=1S/C18H17BrN4O2S/c1-11-17(26-12(2)21-11)15-7-8-16(24)23(22-15)10-9-20-18(25)13-5-3-4-6-14(13)19/h3-8H,9-10H2,1-2H3,(H,20,25). The van der Waals surface area contributed by atoms with Crippen LogP contribution in [0.4, 0.5) is 0 Å². The molecule has 1 N–H and O–H groups in total. The lowest BCUT2D eigenvalue weighted by molar-refractivity contribution is 0.0951. The molecule has 134 valence electrons. The third-order valence-electron chi connectivity index (χ3n) is 3.73. The molecule has 0 spiro atoms. The fourth-order valence-corrected chi connectivity index (χ4v) is 3.86. The Morgan fingerprint density at radius 2 is 2.00 bits per heavy atom. The first-order valence-electron chi connectivity index (χ1n) is 8.01. The summed E-state index contributed by atoms with van der Waals surface area (Å²) in [6.07, 6.45) is 0. The molecule has 8 heteroatoms. The van der Waals surface area contributed by atoms with Crippen LogP contribution < -0.4 is 10.9 Å². The van der Waals surface area contributed by atoms with E-state index in [0.717, 1.165) is 20.1 Å². The van der Waals surface area contributed by atoms with Gasteiger partial charge in [0.05, 0.1) is 27.7 Å². The molecule has 0 atom stereocenters. The molecule has 0 aliphatic carbocycles. The Labute approximate surface area is 163 Å². The molecule has 3 rings (SSSR count). The van der Waals surface area contributed by atoms with Crippen molar-refractivity contribution in [3.8, 4) is 10.6 Å². The lowest BCUT2D eigenvalue weighted by atomic mass is 10.2. The number of aryl methyl sites for hydroxylation is 2. The zero-order chi connectivity index (χ0) is 18.7. The van der Waals surface area contributed by atoms with Crippen LogP contribution in [-0.2, 0) is 6.54 Å². The maximum absolute atomic E-state index is 12.2. The second kappa shape index (κ2) is 7.92. The predicted octanol–water partition coefficient (Wildman–Crippen LogP) is 3.18. The van der Waals surface area contributed by atoms with Gasteiger partial charge in [-0.3, -0.25) is 9.59 Å². The van der Waals surface area contributed by atoms with E-state index >= 15 is 0 Å². The summed E-state index contributed by atoms with van der Waals surface area (Å²) in [6.45, 7) is 4.46. The molecule has 3 aromatic rings. The van der Waals surface area contributed by atoms with Gasteiger partial charge in [-0.15, -0.1) is 11.3 Å². The fourth-order valence-electron chi connectivity index (χ4n) is 2.52. The van der Waals surface area contributed by atoms with Crippen LogP contribution in [0.3, 0.4) is 0 Å². The van der Waals surface area contributed by atoms with Crippen molar-refractivity contribution in [2.45, 2.75) is 20.4 Å². The Hall–Kier alpha value is -2.32. The molecule has 0 saturated carbocycles. The number of nitrogens with zero attached hydrogens (tertiary/aromatic N) is 3. The highest BCUT2D eigenvalue weighted by Crippen LogP contribution is 2.27. The van der Waals surface area contributed by atoms with Crippen molar-refractivity contribution >= 4 is 33.2 Å². The number of hydrogen-bond acceptors (Lipinski definition) is 5. The largest absolute Gasteiger partial charge is 0.350 e. The molecule has 2 aromatic heterocycles. The zero-order valence-corrected chi connectivity index (χ0v) is 16.7. The van der Waals surface area contributed by atoms with Gasteiger partial charge in [-0.05, 0) is 48.0 Å². The second-order valence-corrected chi connectivity index (χ2v) is 7.72. The molecule has 0 aliphatic rings. The third kappa shape index (κ3) is 4.08. The molecule has 0 bridgehead atoms. The highest BCUT2D eigenvalue weighted by atomic mass is 79.9. The van der Waals surface area contributed by atoms with Crippen LogP contribution in [0.25, 0.3) is 10.6 Å². The topological polar surface area (TPSA) is 76.9 Å². The first-order chi connectivity index (χ1) is 12.5. The number of rotatable bonds is 5. The first-order valence-corrected chi connectivity index (χ1v) is 9.62. The summed E-state index contributed by atoms with van der Waals surface area (Å²) < 4.78 is 2.09. The molecule has 1 amide bonds. The van der Waals surface area contributed by atoms with Crippen molar-refractivity contribution in [1.82, 2.24) is 20.1 Å². The number of amides is 1. The molecule has 0 saturated heterocycles. The molecular weight excluding hydrogens is 416 g/mol. The normalized spacial score (nSPS) is 10.7. The molecule has 26 heavy (non-hydrogen) atoms. The Morgan fingerprint density at radius 1 is 1.23 bits per heavy atom. The minimum absolute atomic E-state index is 0.199. The predicted molar refractivity (Wildman–Crippen MR) is 106 cm³/mol. The number of benzene rings is 1. The van der Waals surface area contributed by atoms with Gasteiger partial charge in [0.25, 0.3) is 11.5 Å². The van der Waals surface area contributed by atoms with E-state index in [1.807, 2.05) is 26.0 Å². The molecule has 0 unspecified atom stereocenters. The number of hydrogen-bond donors (Lipinski definition) is 1. The number of thiazole rings is 1. The van der Waals surface area contributed by atoms with Gasteiger partial charge in [-0.2, -0.15) is 5.10 Å². The van der Waals surface area contributed by atoms with Crippen LogP contribution in [0.5, 0.6) is 0 Å². The van der Waals surface area contributed by atoms with E-state index in [9.17, 15) is 9.59 Å². The van der Waals surface area contributed by atoms with Crippen LogP contribution in [0, 0.1) is 13.8 Å². The van der Waals surface area contributed by atoms with E-state index in [-0.39, 0.29) is 11.5 Å². The Morgan fingerprint density at radius 3 is 2.69 bits per heavy atom. The molecule has 1 aromatic carbocycles. The summed E-state index contributed by atoms with van der Waals surface area (Å²) in [5.74, 6) is -0.199. The monoisotopic (exact) mass is 432 g/mol. The molecular formula is C18H17BrN4O2S. The number of nitrogens with one attached hydrogen (secondary N) is 1. The molecule has 6 nitrogen and oxygen atoms in total. The van der Waals surface area contributed by atoms with Crippen molar-refractivity contribution in [1.29, 1.82) is 0 Å². The summed E-state index contributed by atoms with van der Waals surface area (Å²) in [6, 6.07) is 10.4. The SMILES string of the molecule is Cc1nc(C)c(-c2ccc(=O)n(CCNC(=O)c3ccccc3Br)n2)s1. The number of carbonyl (C=O) groups excluding carboxylic acids is 1. The van der Waals surface area contributed by atoms with Gasteiger partial charge in [0.15, 0.2) is 0 Å². The number of carbonyl (C=O) groups is 1. The van der Waals surface area contributed by atoms with E-state index in [4.69, 9.17) is 0 Å². The van der Waals surface area contributed by atoms with Crippen LogP contribution in [0.2, 0.25) is 0 Å². The average Bonchev–Trinajstić information content (AvgIpc) is 2.95. The van der Waals surface area contributed by atoms with E-state index in [1.165, 1.54) is 10.7 Å². The molecule has 2 heterocycles. The third-order valence-corrected chi connectivity index (χ3v) is 5.52. The van der Waals surface area contributed by atoms with Gasteiger partial charge in [0, 0.05) is 17.1 Å². The quantitative estimate of drug-likeness (QED) is 0.671. The smallest absolute Gasteiger partial charge is 0.266 e. The minimum Gasteiger partial charge on any atom is -0.350 e. The Kier molecular flexibility index (Phi) is 5.63. The van der Waals surface area contributed by atoms with Crippen LogP contribution in [-0.4, -0.2) is 27.2 Å². The lowest BCUT2D eigenvalue weighted by Gasteiger charge is -2.09. The number of aromatic nitrogens is 3. The van der Waals surface area contributed by atoms with Gasteiger partial charge in [-0.25, -0.2) is 9.67 Å². The molecule has 0 fully saturated rings. The summed E-state index contributed by atoms with van der Waals surface area (Å²) in [5.41, 5.74) is 1.96. The highest BCUT2D eigenvalue weighted by molar-refractivity contribution is 9.10. The van der Waals surface area contributed by atoms with Crippen LogP contribution >= 0.6 is 27.3 Å². The van der Waals surface area contributed by atoms with Crippen molar-refractivity contribution < 1.29 is 4.79 Å². The lowest BCUT2D eigenvalue weighted by Crippen LogP contribution is -2.32. The minimum atomic E-state index is -0.206. The van der Waals surface area contributed by atoms with Crippen LogP contribution in [0.15, 0.2) is 45.7 Å².